The number of halogens is 5. The first kappa shape index (κ1) is 23.8. The van der Waals surface area contributed by atoms with E-state index in [1.807, 2.05) is 0 Å². The minimum absolute atomic E-state index is 0.00762. The van der Waals surface area contributed by atoms with E-state index in [1.165, 1.54) is 17.8 Å². The highest BCUT2D eigenvalue weighted by molar-refractivity contribution is 6.32. The van der Waals surface area contributed by atoms with Crippen LogP contribution in [0, 0.1) is 0 Å². The summed E-state index contributed by atoms with van der Waals surface area (Å²) in [5, 5.41) is 7.97. The Morgan fingerprint density at radius 3 is 2.38 bits per heavy atom. The van der Waals surface area contributed by atoms with Crippen molar-refractivity contribution in [1.82, 2.24) is 19.7 Å². The molecule has 2 heterocycles. The zero-order valence-corrected chi connectivity index (χ0v) is 19.2. The highest BCUT2D eigenvalue weighted by Crippen LogP contribution is 2.34. The lowest BCUT2D eigenvalue weighted by atomic mass is 10.1. The molecule has 0 aliphatic rings. The number of aromatic nitrogens is 3. The van der Waals surface area contributed by atoms with Gasteiger partial charge in [0.2, 0.25) is 0 Å². The van der Waals surface area contributed by atoms with Crippen LogP contribution in [-0.4, -0.2) is 33.5 Å². The standard InChI is InChI=1S/C23H17Cl2F3N4O2/c1-29-21(33)16-12-15-19(13-6-8-14(24)9-7-13)32(18-5-3-2-4-17(18)25)30-20(15)31(22(16)34)11-10-23(26,27)28/h2-9,12H,10-11H2,1H3,(H,29,33). The zero-order chi connectivity index (χ0) is 24.6. The molecule has 4 rings (SSSR count). The molecular weight excluding hydrogens is 492 g/mol. The Morgan fingerprint density at radius 2 is 1.76 bits per heavy atom. The number of amides is 1. The van der Waals surface area contributed by atoms with Crippen LogP contribution in [0.15, 0.2) is 59.4 Å². The van der Waals surface area contributed by atoms with Gasteiger partial charge in [-0.1, -0.05) is 47.5 Å². The summed E-state index contributed by atoms with van der Waals surface area (Å²) in [6.45, 7) is -0.705. The fraction of sp³-hybridized carbons (Fsp3) is 0.174. The Balaban J connectivity index is 2.12. The summed E-state index contributed by atoms with van der Waals surface area (Å²) in [5.41, 5.74) is 0.309. The number of fused-ring (bicyclic) bond motifs is 1. The SMILES string of the molecule is CNC(=O)c1cc2c(-c3ccc(Cl)cc3)n(-c3ccccc3Cl)nc2n(CCC(F)(F)F)c1=O. The molecule has 2 aromatic heterocycles. The number of hydrogen-bond acceptors (Lipinski definition) is 3. The number of carbonyl (C=O) groups excluding carboxylic acids is 1. The summed E-state index contributed by atoms with van der Waals surface area (Å²) in [4.78, 5) is 25.5. The highest BCUT2D eigenvalue weighted by Gasteiger charge is 2.29. The van der Waals surface area contributed by atoms with E-state index in [9.17, 15) is 22.8 Å². The average molecular weight is 509 g/mol. The minimum Gasteiger partial charge on any atom is -0.355 e. The number of hydrogen-bond donors (Lipinski definition) is 1. The molecule has 0 bridgehead atoms. The fourth-order valence-corrected chi connectivity index (χ4v) is 3.97. The number of carbonyl (C=O) groups is 1. The molecule has 11 heteroatoms. The topological polar surface area (TPSA) is 68.9 Å². The summed E-state index contributed by atoms with van der Waals surface area (Å²) >= 11 is 12.4. The molecule has 0 aliphatic carbocycles. The van der Waals surface area contributed by atoms with E-state index in [0.29, 0.717) is 32.4 Å². The zero-order valence-electron chi connectivity index (χ0n) is 17.7. The minimum atomic E-state index is -4.51. The van der Waals surface area contributed by atoms with Crippen LogP contribution < -0.4 is 10.9 Å². The lowest BCUT2D eigenvalue weighted by Gasteiger charge is -2.11. The number of nitrogens with zero attached hydrogens (tertiary/aromatic N) is 3. The molecule has 0 saturated heterocycles. The molecule has 0 aliphatic heterocycles. The van der Waals surface area contributed by atoms with Crippen LogP contribution >= 0.6 is 23.2 Å². The first-order valence-electron chi connectivity index (χ1n) is 10.1. The Morgan fingerprint density at radius 1 is 1.09 bits per heavy atom. The quantitative estimate of drug-likeness (QED) is 0.388. The van der Waals surface area contributed by atoms with E-state index >= 15 is 0 Å². The van der Waals surface area contributed by atoms with Crippen LogP contribution in [0.25, 0.3) is 28.0 Å². The molecule has 1 N–H and O–H groups in total. The van der Waals surface area contributed by atoms with Gasteiger partial charge in [0.15, 0.2) is 5.65 Å². The van der Waals surface area contributed by atoms with E-state index in [4.69, 9.17) is 23.2 Å². The van der Waals surface area contributed by atoms with Crippen molar-refractivity contribution in [3.63, 3.8) is 0 Å². The normalized spacial score (nSPS) is 11.7. The Labute approximate surface area is 201 Å². The lowest BCUT2D eigenvalue weighted by molar-refractivity contribution is -0.136. The van der Waals surface area contributed by atoms with E-state index in [2.05, 4.69) is 10.4 Å². The monoisotopic (exact) mass is 508 g/mol. The van der Waals surface area contributed by atoms with E-state index in [1.54, 1.807) is 48.5 Å². The molecule has 176 valence electrons. The molecular formula is C23H17Cl2F3N4O2. The number of benzene rings is 2. The van der Waals surface area contributed by atoms with Crippen molar-refractivity contribution in [3.8, 4) is 16.9 Å². The Hall–Kier alpha value is -3.30. The van der Waals surface area contributed by atoms with E-state index < -0.39 is 30.6 Å². The van der Waals surface area contributed by atoms with Gasteiger partial charge in [0.25, 0.3) is 11.5 Å². The van der Waals surface area contributed by atoms with Crippen LogP contribution in [0.3, 0.4) is 0 Å². The van der Waals surface area contributed by atoms with Crippen LogP contribution in [0.1, 0.15) is 16.8 Å². The highest BCUT2D eigenvalue weighted by atomic mass is 35.5. The number of rotatable bonds is 5. The molecule has 4 aromatic rings. The van der Waals surface area contributed by atoms with Crippen molar-refractivity contribution >= 4 is 40.1 Å². The van der Waals surface area contributed by atoms with E-state index in [-0.39, 0.29) is 11.2 Å². The second-order valence-electron chi connectivity index (χ2n) is 7.42. The molecule has 1 amide bonds. The summed E-state index contributed by atoms with van der Waals surface area (Å²) in [6, 6.07) is 14.8. The van der Waals surface area contributed by atoms with E-state index in [0.717, 1.165) is 4.57 Å². The predicted octanol–water partition coefficient (Wildman–Crippen LogP) is 5.47. The second-order valence-corrected chi connectivity index (χ2v) is 8.26. The maximum atomic E-state index is 13.1. The average Bonchev–Trinajstić information content (AvgIpc) is 3.16. The maximum absolute atomic E-state index is 13.1. The third kappa shape index (κ3) is 4.53. The van der Waals surface area contributed by atoms with Gasteiger partial charge in [-0.25, -0.2) is 4.68 Å². The maximum Gasteiger partial charge on any atom is 0.390 e. The summed E-state index contributed by atoms with van der Waals surface area (Å²) < 4.78 is 41.5. The number of nitrogens with one attached hydrogen (secondary N) is 1. The van der Waals surface area contributed by atoms with Crippen molar-refractivity contribution in [2.45, 2.75) is 19.1 Å². The Bertz CT molecular complexity index is 1440. The van der Waals surface area contributed by atoms with Crippen molar-refractivity contribution in [3.05, 3.63) is 80.6 Å². The van der Waals surface area contributed by atoms with Gasteiger partial charge in [0, 0.05) is 29.6 Å². The molecule has 0 atom stereocenters. The first-order chi connectivity index (χ1) is 16.1. The molecule has 0 spiro atoms. The van der Waals surface area contributed by atoms with Gasteiger partial charge < -0.3 is 5.32 Å². The van der Waals surface area contributed by atoms with Gasteiger partial charge in [-0.05, 0) is 30.3 Å². The fourth-order valence-electron chi connectivity index (χ4n) is 3.63. The molecule has 6 nitrogen and oxygen atoms in total. The molecule has 0 unspecified atom stereocenters. The van der Waals surface area contributed by atoms with Crippen molar-refractivity contribution in [2.24, 2.45) is 0 Å². The number of alkyl halides is 3. The van der Waals surface area contributed by atoms with Gasteiger partial charge >= 0.3 is 6.18 Å². The molecule has 0 saturated carbocycles. The molecule has 34 heavy (non-hydrogen) atoms. The summed E-state index contributed by atoms with van der Waals surface area (Å²) in [6.07, 6.45) is -5.78. The van der Waals surface area contributed by atoms with Crippen LogP contribution in [0.4, 0.5) is 13.2 Å². The third-order valence-electron chi connectivity index (χ3n) is 5.21. The van der Waals surface area contributed by atoms with Gasteiger partial charge in [0.05, 0.1) is 22.8 Å². The van der Waals surface area contributed by atoms with Crippen LogP contribution in [0.5, 0.6) is 0 Å². The molecule has 0 fully saturated rings. The van der Waals surface area contributed by atoms with Gasteiger partial charge in [0.1, 0.15) is 5.56 Å². The van der Waals surface area contributed by atoms with Gasteiger partial charge in [-0.2, -0.15) is 13.2 Å². The van der Waals surface area contributed by atoms with Crippen molar-refractivity contribution in [1.29, 1.82) is 0 Å². The van der Waals surface area contributed by atoms with Crippen LogP contribution in [0.2, 0.25) is 10.0 Å². The lowest BCUT2D eigenvalue weighted by Crippen LogP contribution is -2.32. The summed E-state index contributed by atoms with van der Waals surface area (Å²) in [7, 11) is 1.33. The third-order valence-corrected chi connectivity index (χ3v) is 5.78. The second kappa shape index (κ2) is 9.15. The Kier molecular flexibility index (Phi) is 6.42. The van der Waals surface area contributed by atoms with Gasteiger partial charge in [-0.3, -0.25) is 14.2 Å². The van der Waals surface area contributed by atoms with Crippen molar-refractivity contribution < 1.29 is 18.0 Å². The molecule has 2 aromatic carbocycles. The van der Waals surface area contributed by atoms with Crippen molar-refractivity contribution in [2.75, 3.05) is 7.05 Å². The number of pyridine rings is 1. The van der Waals surface area contributed by atoms with Crippen LogP contribution in [-0.2, 0) is 6.54 Å². The molecule has 0 radical (unpaired) electrons. The predicted molar refractivity (Wildman–Crippen MR) is 125 cm³/mol. The number of aryl methyl sites for hydroxylation is 1. The first-order valence-corrected chi connectivity index (χ1v) is 10.8. The largest absolute Gasteiger partial charge is 0.390 e. The number of para-hydroxylation sites is 1. The smallest absolute Gasteiger partial charge is 0.355 e. The summed E-state index contributed by atoms with van der Waals surface area (Å²) in [5.74, 6) is -0.722. The van der Waals surface area contributed by atoms with Gasteiger partial charge in [-0.15, -0.1) is 5.10 Å².